The zero-order chi connectivity index (χ0) is 21.8. The molecule has 2 nitrogen and oxygen atoms in total. The van der Waals surface area contributed by atoms with Gasteiger partial charge in [0.1, 0.15) is 0 Å². The molecule has 4 rings (SSSR count). The summed E-state index contributed by atoms with van der Waals surface area (Å²) in [6, 6.07) is 27.4. The number of ether oxygens (including phenoxy) is 1. The first-order valence-electron chi connectivity index (χ1n) is 10.3. The van der Waals surface area contributed by atoms with Gasteiger partial charge in [0.05, 0.1) is 12.8 Å². The zero-order valence-corrected chi connectivity index (χ0v) is 17.9. The van der Waals surface area contributed by atoms with E-state index in [1.165, 1.54) is 16.2 Å². The molecule has 4 aromatic rings. The second-order valence-electron chi connectivity index (χ2n) is 7.33. The Balaban J connectivity index is 2.09. The van der Waals surface area contributed by atoms with Crippen LogP contribution in [-0.4, -0.2) is 13.0 Å². The Labute approximate surface area is 183 Å². The van der Waals surface area contributed by atoms with Crippen molar-refractivity contribution in [3.05, 3.63) is 115 Å². The molecule has 0 aliphatic carbocycles. The van der Waals surface area contributed by atoms with Crippen LogP contribution in [0.5, 0.6) is 0 Å². The van der Waals surface area contributed by atoms with E-state index in [0.717, 1.165) is 33.3 Å². The van der Waals surface area contributed by atoms with Gasteiger partial charge in [-0.15, -0.1) is 0 Å². The molecule has 0 amide bonds. The Morgan fingerprint density at radius 3 is 2.10 bits per heavy atom. The van der Waals surface area contributed by atoms with E-state index in [9.17, 15) is 0 Å². The first-order valence-corrected chi connectivity index (χ1v) is 10.3. The average molecular weight is 404 g/mol. The highest BCUT2D eigenvalue weighted by atomic mass is 16.5. The highest BCUT2D eigenvalue weighted by Gasteiger charge is 2.15. The lowest BCUT2D eigenvalue weighted by Crippen LogP contribution is -2.05. The molecule has 0 fully saturated rings. The molecule has 0 bridgehead atoms. The molecule has 0 N–H and O–H groups in total. The van der Waals surface area contributed by atoms with Crippen LogP contribution in [0.1, 0.15) is 6.92 Å². The second kappa shape index (κ2) is 8.85. The second-order valence-corrected chi connectivity index (χ2v) is 7.33. The summed E-state index contributed by atoms with van der Waals surface area (Å²) >= 11 is 0. The third-order valence-corrected chi connectivity index (χ3v) is 5.55. The Kier molecular flexibility index (Phi) is 5.81. The normalized spacial score (nSPS) is 12.5. The van der Waals surface area contributed by atoms with Crippen LogP contribution in [0.4, 0.5) is 5.69 Å². The fourth-order valence-corrected chi connectivity index (χ4v) is 3.93. The van der Waals surface area contributed by atoms with Gasteiger partial charge in [-0.25, -0.2) is 4.99 Å². The van der Waals surface area contributed by atoms with Crippen molar-refractivity contribution in [2.24, 2.45) is 4.99 Å². The van der Waals surface area contributed by atoms with Gasteiger partial charge in [-0.3, -0.25) is 0 Å². The van der Waals surface area contributed by atoms with Crippen molar-refractivity contribution in [1.82, 2.24) is 0 Å². The third kappa shape index (κ3) is 3.80. The molecule has 0 aromatic heterocycles. The maximum atomic E-state index is 5.69. The molecule has 0 unspecified atom stereocenters. The smallest absolute Gasteiger partial charge is 0.221 e. The van der Waals surface area contributed by atoms with Crippen molar-refractivity contribution in [1.29, 1.82) is 0 Å². The SMILES string of the molecule is C=C/C(C)=C(\C=C)C(=Nc1ccc2ccccc2c1-c1cccc2ccccc12)OC. The van der Waals surface area contributed by atoms with Gasteiger partial charge in [0.15, 0.2) is 0 Å². The number of allylic oxidation sites excluding steroid dienone is 2. The van der Waals surface area contributed by atoms with Crippen molar-refractivity contribution in [2.75, 3.05) is 7.11 Å². The van der Waals surface area contributed by atoms with Crippen molar-refractivity contribution in [3.8, 4) is 11.1 Å². The molecule has 0 spiro atoms. The van der Waals surface area contributed by atoms with Gasteiger partial charge in [-0.1, -0.05) is 98.1 Å². The summed E-state index contributed by atoms with van der Waals surface area (Å²) < 4.78 is 5.69. The summed E-state index contributed by atoms with van der Waals surface area (Å²) in [5.74, 6) is 0.518. The highest BCUT2D eigenvalue weighted by molar-refractivity contribution is 6.10. The van der Waals surface area contributed by atoms with E-state index < -0.39 is 0 Å². The number of rotatable bonds is 5. The molecule has 0 aliphatic heterocycles. The van der Waals surface area contributed by atoms with E-state index in [2.05, 4.69) is 92.0 Å². The van der Waals surface area contributed by atoms with Crippen LogP contribution >= 0.6 is 0 Å². The number of methoxy groups -OCH3 is 1. The lowest BCUT2D eigenvalue weighted by Gasteiger charge is -2.15. The van der Waals surface area contributed by atoms with E-state index in [1.54, 1.807) is 19.3 Å². The Hall–Kier alpha value is -3.91. The lowest BCUT2D eigenvalue weighted by molar-refractivity contribution is 0.404. The fraction of sp³-hybridized carbons (Fsp3) is 0.0690. The van der Waals surface area contributed by atoms with Crippen LogP contribution < -0.4 is 0 Å². The Morgan fingerprint density at radius 1 is 0.774 bits per heavy atom. The quantitative estimate of drug-likeness (QED) is 0.188. The predicted molar refractivity (Wildman–Crippen MR) is 134 cm³/mol. The van der Waals surface area contributed by atoms with Gasteiger partial charge in [0, 0.05) is 11.1 Å². The Bertz CT molecular complexity index is 1350. The van der Waals surface area contributed by atoms with Gasteiger partial charge in [0.2, 0.25) is 5.90 Å². The molecule has 4 aromatic carbocycles. The predicted octanol–water partition coefficient (Wildman–Crippen LogP) is 8.02. The minimum atomic E-state index is 0.518. The summed E-state index contributed by atoms with van der Waals surface area (Å²) in [6.07, 6.45) is 3.55. The van der Waals surface area contributed by atoms with E-state index in [4.69, 9.17) is 9.73 Å². The number of benzene rings is 4. The summed E-state index contributed by atoms with van der Waals surface area (Å²) in [5, 5.41) is 4.72. The molecular formula is C29H25NO. The van der Waals surface area contributed by atoms with Crippen LogP contribution in [-0.2, 0) is 4.74 Å². The van der Waals surface area contributed by atoms with Crippen LogP contribution in [0, 0.1) is 0 Å². The van der Waals surface area contributed by atoms with Crippen molar-refractivity contribution < 1.29 is 4.74 Å². The molecule has 0 saturated carbocycles. The molecule has 2 heteroatoms. The fourth-order valence-electron chi connectivity index (χ4n) is 3.93. The standard InChI is InChI=1S/C29H25NO/c1-5-20(3)23(6-2)29(31-4)30-27-19-18-22-13-8-10-16-25(22)28(27)26-17-11-14-21-12-7-9-15-24(21)26/h5-19H,1-2H2,3-4H3/b23-20+,30-29?. The summed E-state index contributed by atoms with van der Waals surface area (Å²) in [7, 11) is 1.64. The van der Waals surface area contributed by atoms with E-state index in [1.807, 2.05) is 6.92 Å². The van der Waals surface area contributed by atoms with Gasteiger partial charge in [0.25, 0.3) is 0 Å². The molecule has 0 saturated heterocycles. The van der Waals surface area contributed by atoms with Crippen LogP contribution in [0.25, 0.3) is 32.7 Å². The largest absolute Gasteiger partial charge is 0.481 e. The van der Waals surface area contributed by atoms with E-state index >= 15 is 0 Å². The molecule has 152 valence electrons. The lowest BCUT2D eigenvalue weighted by atomic mass is 9.92. The van der Waals surface area contributed by atoms with Crippen LogP contribution in [0.15, 0.2) is 120 Å². The van der Waals surface area contributed by atoms with Gasteiger partial charge in [-0.2, -0.15) is 0 Å². The van der Waals surface area contributed by atoms with Crippen LogP contribution in [0.3, 0.4) is 0 Å². The summed E-state index contributed by atoms with van der Waals surface area (Å²) in [4.78, 5) is 4.97. The first-order chi connectivity index (χ1) is 15.2. The van der Waals surface area contributed by atoms with Gasteiger partial charge in [-0.05, 0) is 45.7 Å². The van der Waals surface area contributed by atoms with E-state index in [-0.39, 0.29) is 0 Å². The topological polar surface area (TPSA) is 21.6 Å². The molecule has 0 heterocycles. The van der Waals surface area contributed by atoms with Gasteiger partial charge < -0.3 is 4.74 Å². The molecule has 0 aliphatic rings. The molecule has 0 radical (unpaired) electrons. The number of nitrogens with zero attached hydrogens (tertiary/aromatic N) is 1. The number of aliphatic imine (C=N–C) groups is 1. The van der Waals surface area contributed by atoms with Crippen molar-refractivity contribution >= 4 is 33.1 Å². The minimum absolute atomic E-state index is 0.518. The van der Waals surface area contributed by atoms with Crippen molar-refractivity contribution in [2.45, 2.75) is 6.92 Å². The third-order valence-electron chi connectivity index (χ3n) is 5.55. The molecule has 0 atom stereocenters. The van der Waals surface area contributed by atoms with Crippen LogP contribution in [0.2, 0.25) is 0 Å². The van der Waals surface area contributed by atoms with E-state index in [0.29, 0.717) is 5.90 Å². The Morgan fingerprint density at radius 2 is 1.42 bits per heavy atom. The highest BCUT2D eigenvalue weighted by Crippen LogP contribution is 2.41. The molecular weight excluding hydrogens is 378 g/mol. The monoisotopic (exact) mass is 403 g/mol. The number of hydrogen-bond acceptors (Lipinski definition) is 2. The molecule has 31 heavy (non-hydrogen) atoms. The number of hydrogen-bond donors (Lipinski definition) is 0. The summed E-state index contributed by atoms with van der Waals surface area (Å²) in [5.41, 5.74) is 4.87. The van der Waals surface area contributed by atoms with Crippen molar-refractivity contribution in [3.63, 3.8) is 0 Å². The first kappa shape index (κ1) is 20.4. The maximum Gasteiger partial charge on any atom is 0.221 e. The van der Waals surface area contributed by atoms with Gasteiger partial charge >= 0.3 is 0 Å². The zero-order valence-electron chi connectivity index (χ0n) is 17.9. The minimum Gasteiger partial charge on any atom is -0.481 e. The number of fused-ring (bicyclic) bond motifs is 2. The maximum absolute atomic E-state index is 5.69. The summed E-state index contributed by atoms with van der Waals surface area (Å²) in [6.45, 7) is 9.80. The average Bonchev–Trinajstić information content (AvgIpc) is 2.83.